The number of carbonyl (C=O) groups excluding carboxylic acids is 1. The fourth-order valence-corrected chi connectivity index (χ4v) is 2.61. The SMILES string of the molecule is C=C(C)C(=O)OC(CCC)CC(CCC)c1ccccc1. The van der Waals surface area contributed by atoms with Gasteiger partial charge in [-0.3, -0.25) is 0 Å². The van der Waals surface area contributed by atoms with Gasteiger partial charge in [0.25, 0.3) is 0 Å². The minimum atomic E-state index is -0.267. The Bertz CT molecular complexity index is 436. The van der Waals surface area contributed by atoms with Crippen LogP contribution in [0.1, 0.15) is 64.4 Å². The summed E-state index contributed by atoms with van der Waals surface area (Å²) in [6.45, 7) is 9.69. The molecule has 0 bridgehead atoms. The van der Waals surface area contributed by atoms with Crippen LogP contribution in [0.2, 0.25) is 0 Å². The van der Waals surface area contributed by atoms with Crippen molar-refractivity contribution in [2.24, 2.45) is 0 Å². The zero-order valence-corrected chi connectivity index (χ0v) is 13.6. The molecule has 2 heteroatoms. The Kier molecular flexibility index (Phi) is 7.81. The fraction of sp³-hybridized carbons (Fsp3) is 0.526. The van der Waals surface area contributed by atoms with Crippen molar-refractivity contribution in [1.82, 2.24) is 0 Å². The van der Waals surface area contributed by atoms with Gasteiger partial charge in [-0.15, -0.1) is 0 Å². The molecule has 2 unspecified atom stereocenters. The second-order valence-corrected chi connectivity index (χ2v) is 5.73. The smallest absolute Gasteiger partial charge is 0.333 e. The van der Waals surface area contributed by atoms with E-state index in [1.807, 2.05) is 6.07 Å². The van der Waals surface area contributed by atoms with Gasteiger partial charge in [-0.1, -0.05) is 63.6 Å². The lowest BCUT2D eigenvalue weighted by molar-refractivity contribution is -0.145. The van der Waals surface area contributed by atoms with Crippen molar-refractivity contribution < 1.29 is 9.53 Å². The van der Waals surface area contributed by atoms with Gasteiger partial charge < -0.3 is 4.74 Å². The second-order valence-electron chi connectivity index (χ2n) is 5.73. The molecule has 0 fully saturated rings. The van der Waals surface area contributed by atoms with Crippen LogP contribution in [0.5, 0.6) is 0 Å². The zero-order chi connectivity index (χ0) is 15.7. The minimum Gasteiger partial charge on any atom is -0.459 e. The summed E-state index contributed by atoms with van der Waals surface area (Å²) in [6, 6.07) is 10.5. The van der Waals surface area contributed by atoms with E-state index in [0.29, 0.717) is 11.5 Å². The van der Waals surface area contributed by atoms with Gasteiger partial charge in [-0.2, -0.15) is 0 Å². The maximum atomic E-state index is 11.8. The number of hydrogen-bond donors (Lipinski definition) is 0. The topological polar surface area (TPSA) is 26.3 Å². The van der Waals surface area contributed by atoms with Gasteiger partial charge in [-0.05, 0) is 37.7 Å². The third-order valence-corrected chi connectivity index (χ3v) is 3.69. The van der Waals surface area contributed by atoms with E-state index < -0.39 is 0 Å². The molecule has 0 spiro atoms. The van der Waals surface area contributed by atoms with E-state index >= 15 is 0 Å². The maximum Gasteiger partial charge on any atom is 0.333 e. The Morgan fingerprint density at radius 3 is 2.29 bits per heavy atom. The number of rotatable bonds is 9. The van der Waals surface area contributed by atoms with Crippen LogP contribution in [0.25, 0.3) is 0 Å². The molecular formula is C19H28O2. The third-order valence-electron chi connectivity index (χ3n) is 3.69. The van der Waals surface area contributed by atoms with Crippen molar-refractivity contribution in [2.75, 3.05) is 0 Å². The van der Waals surface area contributed by atoms with E-state index in [0.717, 1.165) is 32.1 Å². The van der Waals surface area contributed by atoms with E-state index in [-0.39, 0.29) is 12.1 Å². The number of carbonyl (C=O) groups is 1. The van der Waals surface area contributed by atoms with Crippen LogP contribution in [0.15, 0.2) is 42.5 Å². The molecule has 2 atom stereocenters. The first-order valence-corrected chi connectivity index (χ1v) is 7.99. The predicted octanol–water partition coefficient (Wildman–Crippen LogP) is 5.25. The first-order chi connectivity index (χ1) is 10.1. The highest BCUT2D eigenvalue weighted by Gasteiger charge is 2.20. The van der Waals surface area contributed by atoms with E-state index in [1.165, 1.54) is 5.56 Å². The lowest BCUT2D eigenvalue weighted by atomic mass is 9.88. The van der Waals surface area contributed by atoms with Crippen molar-refractivity contribution in [3.63, 3.8) is 0 Å². The maximum absolute atomic E-state index is 11.8. The minimum absolute atomic E-state index is 0.0176. The summed E-state index contributed by atoms with van der Waals surface area (Å²) in [5.41, 5.74) is 1.81. The standard InChI is InChI=1S/C19H28O2/c1-5-10-17(16-12-8-7-9-13-16)14-18(11-6-2)21-19(20)15(3)4/h7-9,12-13,17-18H,3,5-6,10-11,14H2,1-2,4H3. The van der Waals surface area contributed by atoms with Crippen LogP contribution in [-0.2, 0) is 9.53 Å². The average Bonchev–Trinajstić information content (AvgIpc) is 2.47. The van der Waals surface area contributed by atoms with Crippen molar-refractivity contribution >= 4 is 5.97 Å². The highest BCUT2D eigenvalue weighted by Crippen LogP contribution is 2.28. The van der Waals surface area contributed by atoms with Gasteiger partial charge in [0.15, 0.2) is 0 Å². The van der Waals surface area contributed by atoms with Crippen LogP contribution >= 0.6 is 0 Å². The molecule has 0 N–H and O–H groups in total. The van der Waals surface area contributed by atoms with Gasteiger partial charge in [0.05, 0.1) is 0 Å². The second kappa shape index (κ2) is 9.38. The van der Waals surface area contributed by atoms with Crippen molar-refractivity contribution in [3.8, 4) is 0 Å². The first-order valence-electron chi connectivity index (χ1n) is 7.99. The monoisotopic (exact) mass is 288 g/mol. The molecule has 0 saturated heterocycles. The molecule has 0 amide bonds. The highest BCUT2D eigenvalue weighted by atomic mass is 16.5. The summed E-state index contributed by atoms with van der Waals surface area (Å²) in [4.78, 5) is 11.8. The highest BCUT2D eigenvalue weighted by molar-refractivity contribution is 5.87. The molecule has 1 aromatic rings. The summed E-state index contributed by atoms with van der Waals surface area (Å²) in [6.07, 6.45) is 5.05. The van der Waals surface area contributed by atoms with E-state index in [4.69, 9.17) is 4.74 Å². The molecule has 0 radical (unpaired) electrons. The molecule has 1 rings (SSSR count). The summed E-state index contributed by atoms with van der Waals surface area (Å²) in [7, 11) is 0. The molecule has 116 valence electrons. The fourth-order valence-electron chi connectivity index (χ4n) is 2.61. The van der Waals surface area contributed by atoms with Crippen molar-refractivity contribution in [1.29, 1.82) is 0 Å². The molecule has 0 aliphatic carbocycles. The molecule has 0 aromatic heterocycles. The van der Waals surface area contributed by atoms with Gasteiger partial charge >= 0.3 is 5.97 Å². The number of esters is 1. The van der Waals surface area contributed by atoms with Crippen molar-refractivity contribution in [3.05, 3.63) is 48.0 Å². The van der Waals surface area contributed by atoms with Gasteiger partial charge in [-0.25, -0.2) is 4.79 Å². The lowest BCUT2D eigenvalue weighted by Gasteiger charge is -2.24. The first kappa shape index (κ1) is 17.5. The number of hydrogen-bond acceptors (Lipinski definition) is 2. The summed E-state index contributed by atoms with van der Waals surface area (Å²) >= 11 is 0. The molecule has 0 aliphatic rings. The van der Waals surface area contributed by atoms with Crippen LogP contribution in [-0.4, -0.2) is 12.1 Å². The summed E-state index contributed by atoms with van der Waals surface area (Å²) in [5.74, 6) is 0.183. The molecule has 0 heterocycles. The largest absolute Gasteiger partial charge is 0.459 e. The predicted molar refractivity (Wildman–Crippen MR) is 88.3 cm³/mol. The van der Waals surface area contributed by atoms with Crippen LogP contribution < -0.4 is 0 Å². The van der Waals surface area contributed by atoms with Crippen LogP contribution in [0, 0.1) is 0 Å². The molecule has 0 saturated carbocycles. The Balaban J connectivity index is 2.77. The third kappa shape index (κ3) is 6.16. The number of benzene rings is 1. The molecule has 2 nitrogen and oxygen atoms in total. The van der Waals surface area contributed by atoms with E-state index in [9.17, 15) is 4.79 Å². The van der Waals surface area contributed by atoms with Gasteiger partial charge in [0, 0.05) is 5.57 Å². The van der Waals surface area contributed by atoms with Crippen LogP contribution in [0.3, 0.4) is 0 Å². The molecule has 21 heavy (non-hydrogen) atoms. The van der Waals surface area contributed by atoms with Crippen LogP contribution in [0.4, 0.5) is 0 Å². The Morgan fingerprint density at radius 2 is 1.76 bits per heavy atom. The van der Waals surface area contributed by atoms with E-state index in [1.54, 1.807) is 6.92 Å². The lowest BCUT2D eigenvalue weighted by Crippen LogP contribution is -2.21. The van der Waals surface area contributed by atoms with E-state index in [2.05, 4.69) is 44.7 Å². The molecular weight excluding hydrogens is 260 g/mol. The average molecular weight is 288 g/mol. The van der Waals surface area contributed by atoms with Gasteiger partial charge in [0.1, 0.15) is 6.10 Å². The number of ether oxygens (including phenoxy) is 1. The molecule has 0 aliphatic heterocycles. The Hall–Kier alpha value is -1.57. The summed E-state index contributed by atoms with van der Waals surface area (Å²) < 4.78 is 5.61. The quantitative estimate of drug-likeness (QED) is 0.458. The Labute approximate surface area is 129 Å². The normalized spacial score (nSPS) is 13.5. The zero-order valence-electron chi connectivity index (χ0n) is 13.6. The van der Waals surface area contributed by atoms with Crippen molar-refractivity contribution in [2.45, 2.75) is 64.9 Å². The Morgan fingerprint density at radius 1 is 1.14 bits per heavy atom. The summed E-state index contributed by atoms with van der Waals surface area (Å²) in [5, 5.41) is 0. The van der Waals surface area contributed by atoms with Gasteiger partial charge in [0.2, 0.25) is 0 Å². The molecule has 1 aromatic carbocycles.